The predicted octanol–water partition coefficient (Wildman–Crippen LogP) is 0.489. The number of rotatable bonds is 4. The molecular formula is C13H24ClN3O2. The Bertz CT molecular complexity index is 321. The molecule has 0 aromatic rings. The van der Waals surface area contributed by atoms with Crippen LogP contribution >= 0.6 is 12.4 Å². The number of carbonyl (C=O) groups is 2. The highest BCUT2D eigenvalue weighted by molar-refractivity contribution is 5.85. The van der Waals surface area contributed by atoms with Gasteiger partial charge in [0, 0.05) is 33.1 Å². The van der Waals surface area contributed by atoms with Gasteiger partial charge in [0.2, 0.25) is 11.8 Å². The molecule has 0 spiro atoms. The van der Waals surface area contributed by atoms with E-state index in [-0.39, 0.29) is 24.2 Å². The van der Waals surface area contributed by atoms with Gasteiger partial charge in [-0.3, -0.25) is 9.59 Å². The van der Waals surface area contributed by atoms with Gasteiger partial charge in [0.05, 0.1) is 6.54 Å². The van der Waals surface area contributed by atoms with E-state index in [4.69, 9.17) is 0 Å². The summed E-state index contributed by atoms with van der Waals surface area (Å²) in [5.74, 6) is 1.08. The second-order valence-corrected chi connectivity index (χ2v) is 5.31. The van der Waals surface area contributed by atoms with Crippen LogP contribution < -0.4 is 5.32 Å². The lowest BCUT2D eigenvalue weighted by Gasteiger charge is -2.21. The van der Waals surface area contributed by atoms with Crippen LogP contribution in [0.15, 0.2) is 0 Å². The fraction of sp³-hybridized carbons (Fsp3) is 0.846. The van der Waals surface area contributed by atoms with Gasteiger partial charge in [0.25, 0.3) is 0 Å². The molecule has 0 unspecified atom stereocenters. The minimum atomic E-state index is 0. The second kappa shape index (κ2) is 7.70. The maximum atomic E-state index is 12.0. The number of halogens is 1. The Kier molecular flexibility index (Phi) is 6.58. The Morgan fingerprint density at radius 1 is 1.11 bits per heavy atom. The summed E-state index contributed by atoms with van der Waals surface area (Å²) in [7, 11) is 0. The van der Waals surface area contributed by atoms with E-state index in [2.05, 4.69) is 5.32 Å². The minimum absolute atomic E-state index is 0. The van der Waals surface area contributed by atoms with Gasteiger partial charge in [-0.2, -0.15) is 0 Å². The van der Waals surface area contributed by atoms with Crippen LogP contribution in [0.3, 0.4) is 0 Å². The second-order valence-electron chi connectivity index (χ2n) is 5.31. The summed E-state index contributed by atoms with van der Waals surface area (Å²) in [4.78, 5) is 27.0. The Morgan fingerprint density at radius 2 is 1.74 bits per heavy atom. The lowest BCUT2D eigenvalue weighted by molar-refractivity contribution is -0.132. The third kappa shape index (κ3) is 5.37. The van der Waals surface area contributed by atoms with Crippen molar-refractivity contribution in [2.75, 3.05) is 39.3 Å². The van der Waals surface area contributed by atoms with Crippen LogP contribution in [0.4, 0.5) is 0 Å². The topological polar surface area (TPSA) is 52.7 Å². The molecule has 1 saturated heterocycles. The van der Waals surface area contributed by atoms with Gasteiger partial charge in [-0.1, -0.05) is 0 Å². The van der Waals surface area contributed by atoms with E-state index in [1.807, 2.05) is 9.80 Å². The standard InChI is InChI=1S/C13H23N3O2.ClH/c1-11(17)15-5-2-6-16(8-7-15)13(18)10-14-9-12-3-4-12;/h12,14H,2-10H2,1H3;1H. The number of hydrogen-bond acceptors (Lipinski definition) is 3. The molecule has 0 atom stereocenters. The third-order valence-electron chi connectivity index (χ3n) is 3.70. The Labute approximate surface area is 121 Å². The molecule has 2 rings (SSSR count). The first kappa shape index (κ1) is 16.2. The molecule has 0 aromatic carbocycles. The maximum Gasteiger partial charge on any atom is 0.236 e. The first-order valence-electron chi connectivity index (χ1n) is 6.91. The van der Waals surface area contributed by atoms with Crippen molar-refractivity contribution in [3.63, 3.8) is 0 Å². The molecule has 1 heterocycles. The molecule has 2 fully saturated rings. The molecule has 0 radical (unpaired) electrons. The van der Waals surface area contributed by atoms with Crippen molar-refractivity contribution in [1.29, 1.82) is 0 Å². The van der Waals surface area contributed by atoms with Crippen molar-refractivity contribution in [3.05, 3.63) is 0 Å². The average molecular weight is 290 g/mol. The fourth-order valence-corrected chi connectivity index (χ4v) is 2.30. The maximum absolute atomic E-state index is 12.0. The molecule has 1 N–H and O–H groups in total. The molecule has 2 amide bonds. The Hall–Kier alpha value is -0.810. The molecule has 1 saturated carbocycles. The number of hydrogen-bond donors (Lipinski definition) is 1. The van der Waals surface area contributed by atoms with E-state index < -0.39 is 0 Å². The van der Waals surface area contributed by atoms with Crippen LogP contribution in [-0.2, 0) is 9.59 Å². The first-order chi connectivity index (χ1) is 8.66. The normalized spacial score (nSPS) is 19.6. The van der Waals surface area contributed by atoms with Crippen LogP contribution in [0.1, 0.15) is 26.2 Å². The van der Waals surface area contributed by atoms with Crippen molar-refractivity contribution < 1.29 is 9.59 Å². The molecule has 2 aliphatic rings. The summed E-state index contributed by atoms with van der Waals surface area (Å²) in [6.07, 6.45) is 3.49. The minimum Gasteiger partial charge on any atom is -0.341 e. The van der Waals surface area contributed by atoms with E-state index >= 15 is 0 Å². The van der Waals surface area contributed by atoms with Gasteiger partial charge in [-0.25, -0.2) is 0 Å². The van der Waals surface area contributed by atoms with Crippen LogP contribution in [0, 0.1) is 5.92 Å². The molecule has 19 heavy (non-hydrogen) atoms. The van der Waals surface area contributed by atoms with Gasteiger partial charge in [0.1, 0.15) is 0 Å². The van der Waals surface area contributed by atoms with Crippen molar-refractivity contribution in [1.82, 2.24) is 15.1 Å². The first-order valence-corrected chi connectivity index (χ1v) is 6.91. The Morgan fingerprint density at radius 3 is 2.37 bits per heavy atom. The molecule has 1 aliphatic carbocycles. The summed E-state index contributed by atoms with van der Waals surface area (Å²) in [6.45, 7) is 5.89. The molecule has 0 bridgehead atoms. The van der Waals surface area contributed by atoms with E-state index in [1.165, 1.54) is 12.8 Å². The van der Waals surface area contributed by atoms with Gasteiger partial charge < -0.3 is 15.1 Å². The predicted molar refractivity (Wildman–Crippen MR) is 76.3 cm³/mol. The van der Waals surface area contributed by atoms with Crippen LogP contribution in [-0.4, -0.2) is 60.9 Å². The zero-order valence-electron chi connectivity index (χ0n) is 11.6. The number of nitrogens with zero attached hydrogens (tertiary/aromatic N) is 2. The summed E-state index contributed by atoms with van der Waals surface area (Å²) in [6, 6.07) is 0. The van der Waals surface area contributed by atoms with Gasteiger partial charge in [-0.05, 0) is 31.7 Å². The molecule has 0 aromatic heterocycles. The van der Waals surface area contributed by atoms with Gasteiger partial charge in [0.15, 0.2) is 0 Å². The highest BCUT2D eigenvalue weighted by atomic mass is 35.5. The zero-order valence-corrected chi connectivity index (χ0v) is 12.4. The van der Waals surface area contributed by atoms with E-state index in [0.717, 1.165) is 32.0 Å². The monoisotopic (exact) mass is 289 g/mol. The van der Waals surface area contributed by atoms with Crippen molar-refractivity contribution >= 4 is 24.2 Å². The number of carbonyl (C=O) groups excluding carboxylic acids is 2. The van der Waals surface area contributed by atoms with Gasteiger partial charge >= 0.3 is 0 Å². The van der Waals surface area contributed by atoms with Crippen LogP contribution in [0.25, 0.3) is 0 Å². The van der Waals surface area contributed by atoms with E-state index in [1.54, 1.807) is 6.92 Å². The summed E-state index contributed by atoms with van der Waals surface area (Å²) in [5, 5.41) is 3.23. The van der Waals surface area contributed by atoms with Crippen molar-refractivity contribution in [2.24, 2.45) is 5.92 Å². The van der Waals surface area contributed by atoms with E-state index in [0.29, 0.717) is 19.6 Å². The molecule has 1 aliphatic heterocycles. The number of nitrogens with one attached hydrogen (secondary N) is 1. The van der Waals surface area contributed by atoms with Crippen molar-refractivity contribution in [2.45, 2.75) is 26.2 Å². The third-order valence-corrected chi connectivity index (χ3v) is 3.70. The fourth-order valence-electron chi connectivity index (χ4n) is 2.30. The smallest absolute Gasteiger partial charge is 0.236 e. The van der Waals surface area contributed by atoms with Crippen LogP contribution in [0.2, 0.25) is 0 Å². The molecular weight excluding hydrogens is 266 g/mol. The largest absolute Gasteiger partial charge is 0.341 e. The summed E-state index contributed by atoms with van der Waals surface area (Å²) >= 11 is 0. The quantitative estimate of drug-likeness (QED) is 0.819. The van der Waals surface area contributed by atoms with Gasteiger partial charge in [-0.15, -0.1) is 12.4 Å². The summed E-state index contributed by atoms with van der Waals surface area (Å²) < 4.78 is 0. The summed E-state index contributed by atoms with van der Waals surface area (Å²) in [5.41, 5.74) is 0. The van der Waals surface area contributed by atoms with E-state index in [9.17, 15) is 9.59 Å². The van der Waals surface area contributed by atoms with Crippen molar-refractivity contribution in [3.8, 4) is 0 Å². The average Bonchev–Trinajstić information content (AvgIpc) is 3.14. The molecule has 6 heteroatoms. The molecule has 110 valence electrons. The highest BCUT2D eigenvalue weighted by Gasteiger charge is 2.22. The lowest BCUT2D eigenvalue weighted by atomic mass is 10.3. The zero-order chi connectivity index (χ0) is 13.0. The number of amides is 2. The lowest BCUT2D eigenvalue weighted by Crippen LogP contribution is -2.41. The van der Waals surface area contributed by atoms with Crippen LogP contribution in [0.5, 0.6) is 0 Å². The SMILES string of the molecule is CC(=O)N1CCCN(C(=O)CNCC2CC2)CC1.Cl. The highest BCUT2D eigenvalue weighted by Crippen LogP contribution is 2.27. The Balaban J connectivity index is 0.00000180. The molecule has 5 nitrogen and oxygen atoms in total.